The van der Waals surface area contributed by atoms with E-state index in [-0.39, 0.29) is 26.5 Å². The predicted molar refractivity (Wildman–Crippen MR) is 204 cm³/mol. The van der Waals surface area contributed by atoms with Crippen LogP contribution in [0.3, 0.4) is 0 Å². The smallest absolute Gasteiger partial charge is 0.509 e. The second-order valence-corrected chi connectivity index (χ2v) is 14.8. The van der Waals surface area contributed by atoms with Crippen molar-refractivity contribution in [2.75, 3.05) is 9.80 Å². The largest absolute Gasteiger partial charge is 2.00 e. The molecule has 0 amide bonds. The monoisotopic (exact) mass is 846 g/mol. The van der Waals surface area contributed by atoms with Crippen molar-refractivity contribution in [3.63, 3.8) is 0 Å². The van der Waals surface area contributed by atoms with Crippen molar-refractivity contribution < 1.29 is 30.4 Å². The number of nitrogens with zero attached hydrogens (tertiary/aromatic N) is 4. The van der Waals surface area contributed by atoms with Gasteiger partial charge < -0.3 is 9.64 Å². The normalized spacial score (nSPS) is 13.5. The Morgan fingerprint density at radius 1 is 0.725 bits per heavy atom. The van der Waals surface area contributed by atoms with E-state index in [2.05, 4.69) is 175 Å². The van der Waals surface area contributed by atoms with Crippen LogP contribution in [0.15, 0.2) is 127 Å². The number of hydrogen-bond donors (Lipinski definition) is 0. The molecular weight excluding hydrogens is 808 g/mol. The topological polar surface area (TPSA) is 24.5 Å². The minimum absolute atomic E-state index is 0. The fraction of sp³-hybridized carbons (Fsp3) is 0.178. The summed E-state index contributed by atoms with van der Waals surface area (Å²) in [6.07, 6.45) is 5.48. The van der Waals surface area contributed by atoms with Gasteiger partial charge in [-0.15, -0.1) is 24.3 Å². The van der Waals surface area contributed by atoms with Gasteiger partial charge in [0, 0.05) is 28.8 Å². The van der Waals surface area contributed by atoms with Crippen molar-refractivity contribution in [3.8, 4) is 17.3 Å². The number of aromatic nitrogens is 2. The molecule has 9 rings (SSSR count). The molecule has 0 fully saturated rings. The molecule has 2 aromatic heterocycles. The van der Waals surface area contributed by atoms with Gasteiger partial charge in [0.15, 0.2) is 5.82 Å². The van der Waals surface area contributed by atoms with E-state index in [0.717, 1.165) is 57.2 Å². The number of anilines is 4. The fourth-order valence-corrected chi connectivity index (χ4v) is 7.42. The molecule has 2 aliphatic rings. The first-order valence-corrected chi connectivity index (χ1v) is 17.4. The van der Waals surface area contributed by atoms with Gasteiger partial charge in [0.05, 0.1) is 17.6 Å². The summed E-state index contributed by atoms with van der Waals surface area (Å²) in [5, 5.41) is 2.30. The van der Waals surface area contributed by atoms with Gasteiger partial charge in [-0.25, -0.2) is 9.13 Å². The molecule has 7 aromatic rings. The Hall–Kier alpha value is -5.12. The minimum Gasteiger partial charge on any atom is -0.509 e. The summed E-state index contributed by atoms with van der Waals surface area (Å²) >= 11 is 0. The number of ether oxygens (including phenoxy) is 1. The van der Waals surface area contributed by atoms with Crippen LogP contribution < -0.4 is 19.1 Å². The molecule has 4 heterocycles. The summed E-state index contributed by atoms with van der Waals surface area (Å²) in [6.45, 7) is 11.4. The quantitative estimate of drug-likeness (QED) is 0.131. The van der Waals surface area contributed by atoms with Gasteiger partial charge in [0.2, 0.25) is 0 Å². The third kappa shape index (κ3) is 5.65. The number of para-hydroxylation sites is 3. The first-order valence-electron chi connectivity index (χ1n) is 17.4. The zero-order valence-electron chi connectivity index (χ0n) is 29.4. The summed E-state index contributed by atoms with van der Waals surface area (Å²) in [5.74, 6) is 3.83. The molecule has 2 aliphatic heterocycles. The number of hydrogen-bond acceptors (Lipinski definition) is 3. The predicted octanol–water partition coefficient (Wildman–Crippen LogP) is 11.0. The van der Waals surface area contributed by atoms with Crippen molar-refractivity contribution in [1.82, 2.24) is 4.57 Å². The molecule has 0 saturated heterocycles. The molecule has 4 bridgehead atoms. The maximum Gasteiger partial charge on any atom is 2.00 e. The van der Waals surface area contributed by atoms with Gasteiger partial charge in [0.1, 0.15) is 11.7 Å². The number of fused-ring (bicyclic) bond motifs is 12. The van der Waals surface area contributed by atoms with Crippen molar-refractivity contribution in [3.05, 3.63) is 151 Å². The fourth-order valence-electron chi connectivity index (χ4n) is 7.42. The maximum atomic E-state index is 6.56. The standard InChI is InChI=1S/C45H39N4O.Pt/c1-30(2)24-31-12-10-13-33(25-31)47-40-18-8-9-19-41(40)48-34-14-11-15-35(27-34)50-36-20-21-38-37-16-6-7-17-39(37)49(42(38)28-36)43-26-32(45(3,4)5)22-23-46(43)29-44(47)48;/h6-23,25-26,29-30H,24H2,1-5H3;/q-1;+2. The van der Waals surface area contributed by atoms with Gasteiger partial charge in [-0.3, -0.25) is 4.90 Å². The van der Waals surface area contributed by atoms with E-state index in [1.54, 1.807) is 0 Å². The molecule has 5 nitrogen and oxygen atoms in total. The molecule has 0 aliphatic carbocycles. The molecule has 254 valence electrons. The Bertz CT molecular complexity index is 2490. The molecule has 6 heteroatoms. The van der Waals surface area contributed by atoms with Crippen molar-refractivity contribution in [1.29, 1.82) is 0 Å². The van der Waals surface area contributed by atoms with Gasteiger partial charge in [-0.05, 0) is 70.7 Å². The van der Waals surface area contributed by atoms with Crippen LogP contribution in [0.2, 0.25) is 0 Å². The van der Waals surface area contributed by atoms with Crippen LogP contribution in [-0.4, -0.2) is 4.57 Å². The van der Waals surface area contributed by atoms with E-state index < -0.39 is 0 Å². The first-order chi connectivity index (χ1) is 24.2. The van der Waals surface area contributed by atoms with Gasteiger partial charge in [-0.1, -0.05) is 94.2 Å². The van der Waals surface area contributed by atoms with Crippen LogP contribution in [0.1, 0.15) is 45.7 Å². The molecule has 5 aromatic carbocycles. The summed E-state index contributed by atoms with van der Waals surface area (Å²) in [7, 11) is 0. The Morgan fingerprint density at radius 3 is 2.27 bits per heavy atom. The molecule has 0 atom stereocenters. The molecule has 0 N–H and O–H groups in total. The minimum atomic E-state index is -0.0622. The van der Waals surface area contributed by atoms with Gasteiger partial charge in [0.25, 0.3) is 5.82 Å². The summed E-state index contributed by atoms with van der Waals surface area (Å²) in [4.78, 5) is 4.68. The second kappa shape index (κ2) is 12.6. The van der Waals surface area contributed by atoms with E-state index in [0.29, 0.717) is 17.4 Å². The second-order valence-electron chi connectivity index (χ2n) is 14.8. The van der Waals surface area contributed by atoms with E-state index in [9.17, 15) is 0 Å². The number of rotatable bonds is 3. The summed E-state index contributed by atoms with van der Waals surface area (Å²) in [6, 6.07) is 48.3. The average molecular weight is 847 g/mol. The van der Waals surface area contributed by atoms with Gasteiger partial charge in [-0.2, -0.15) is 12.1 Å². The van der Waals surface area contributed by atoms with E-state index >= 15 is 0 Å². The van der Waals surface area contributed by atoms with Crippen molar-refractivity contribution >= 4 is 50.8 Å². The number of benzene rings is 5. The maximum absolute atomic E-state index is 6.56. The Balaban J connectivity index is 0.00000374. The molecule has 51 heavy (non-hydrogen) atoms. The van der Waals surface area contributed by atoms with Crippen LogP contribution in [0.25, 0.3) is 33.8 Å². The Labute approximate surface area is 314 Å². The van der Waals surface area contributed by atoms with Crippen molar-refractivity contribution in [2.24, 2.45) is 5.92 Å². The number of pyridine rings is 1. The third-order valence-corrected chi connectivity index (χ3v) is 9.72. The van der Waals surface area contributed by atoms with Crippen LogP contribution in [0.4, 0.5) is 22.7 Å². The molecule has 0 radical (unpaired) electrons. The molecule has 0 unspecified atom stereocenters. The summed E-state index contributed by atoms with van der Waals surface area (Å²) < 4.78 is 11.2. The molecule has 0 spiro atoms. The van der Waals surface area contributed by atoms with Gasteiger partial charge >= 0.3 is 21.1 Å². The zero-order chi connectivity index (χ0) is 34.1. The average Bonchev–Trinajstić information content (AvgIpc) is 3.60. The van der Waals surface area contributed by atoms with E-state index in [1.165, 1.54) is 16.5 Å². The SMILES string of the molecule is CC(C)Cc1cccc(N2C3=C[n+]4ccc(C(C)(C)C)cc4-n4c5[c-]c(ccc5c5ccccc54)Oc4[c-]c(ccc4)N3c3ccccc32)c1.[Pt+2]. The van der Waals surface area contributed by atoms with E-state index in [1.807, 2.05) is 18.2 Å². The van der Waals surface area contributed by atoms with Crippen molar-refractivity contribution in [2.45, 2.75) is 46.5 Å². The van der Waals surface area contributed by atoms with Crippen LogP contribution in [0, 0.1) is 18.1 Å². The van der Waals surface area contributed by atoms with Crippen LogP contribution in [0.5, 0.6) is 11.5 Å². The van der Waals surface area contributed by atoms with E-state index in [4.69, 9.17) is 4.74 Å². The zero-order valence-corrected chi connectivity index (χ0v) is 31.7. The first kappa shape index (κ1) is 33.0. The molecule has 0 saturated carbocycles. The third-order valence-electron chi connectivity index (χ3n) is 9.72. The molecular formula is C45H39N4OPt+. The van der Waals surface area contributed by atoms with Crippen LogP contribution >= 0.6 is 0 Å². The Kier molecular flexibility index (Phi) is 8.15. The summed E-state index contributed by atoms with van der Waals surface area (Å²) in [5.41, 5.74) is 8.76. The van der Waals surface area contributed by atoms with Crippen LogP contribution in [-0.2, 0) is 32.9 Å². The Morgan fingerprint density at radius 2 is 1.47 bits per heavy atom.